The molecular formula is C13H29PS3. The number of unbranched alkanes of at least 4 members (excludes halogenated alkanes) is 10. The van der Waals surface area contributed by atoms with E-state index in [4.69, 9.17) is 0 Å². The van der Waals surface area contributed by atoms with Gasteiger partial charge in [0.05, 0.1) is 5.53 Å². The third kappa shape index (κ3) is 17.5. The minimum absolute atomic E-state index is 0.333. The Balaban J connectivity index is 2.89. The summed E-state index contributed by atoms with van der Waals surface area (Å²) in [5.41, 5.74) is -0.333. The number of thiol groups is 2. The summed E-state index contributed by atoms with van der Waals surface area (Å²) in [5.74, 6) is 1.25. The van der Waals surface area contributed by atoms with Gasteiger partial charge in [-0.15, -0.1) is 35.9 Å². The van der Waals surface area contributed by atoms with Crippen LogP contribution in [-0.4, -0.2) is 5.75 Å². The molecule has 0 unspecified atom stereocenters. The highest BCUT2D eigenvalue weighted by molar-refractivity contribution is 9.06. The van der Waals surface area contributed by atoms with Crippen molar-refractivity contribution in [2.45, 2.75) is 77.6 Å². The van der Waals surface area contributed by atoms with E-state index >= 15 is 0 Å². The fourth-order valence-electron chi connectivity index (χ4n) is 1.91. The lowest BCUT2D eigenvalue weighted by atomic mass is 10.1. The smallest absolute Gasteiger partial charge is 0.0666 e. The standard InChI is InChI=1S/C13H29PS3/c1-2-3-4-5-6-7-8-9-10-11-12-13-17-14(15)16/h15-16H,2-13H2,1H3. The molecule has 0 saturated heterocycles. The molecule has 0 aromatic carbocycles. The summed E-state index contributed by atoms with van der Waals surface area (Å²) in [4.78, 5) is 0. The number of rotatable bonds is 13. The van der Waals surface area contributed by atoms with Crippen LogP contribution in [0.5, 0.6) is 0 Å². The Labute approximate surface area is 124 Å². The second kappa shape index (κ2) is 15.5. The predicted molar refractivity (Wildman–Crippen MR) is 93.8 cm³/mol. The average molecular weight is 313 g/mol. The first-order valence-corrected chi connectivity index (χ1v) is 12.3. The monoisotopic (exact) mass is 312 g/mol. The summed E-state index contributed by atoms with van der Waals surface area (Å²) in [6, 6.07) is 0. The molecule has 0 spiro atoms. The van der Waals surface area contributed by atoms with E-state index in [-0.39, 0.29) is 5.53 Å². The van der Waals surface area contributed by atoms with Crippen LogP contribution in [0.2, 0.25) is 0 Å². The normalized spacial score (nSPS) is 11.3. The fourth-order valence-corrected chi connectivity index (χ4v) is 4.76. The molecule has 0 N–H and O–H groups in total. The van der Waals surface area contributed by atoms with Gasteiger partial charge in [0.1, 0.15) is 0 Å². The van der Waals surface area contributed by atoms with Crippen LogP contribution >= 0.6 is 41.4 Å². The summed E-state index contributed by atoms with van der Waals surface area (Å²) < 4.78 is 0. The van der Waals surface area contributed by atoms with Crippen molar-refractivity contribution < 1.29 is 0 Å². The summed E-state index contributed by atoms with van der Waals surface area (Å²) >= 11 is 10.5. The Morgan fingerprint density at radius 3 is 1.53 bits per heavy atom. The molecule has 0 aromatic rings. The third-order valence-corrected chi connectivity index (χ3v) is 6.98. The minimum atomic E-state index is -0.333. The number of hydrogen-bond donors (Lipinski definition) is 2. The molecule has 0 aliphatic carbocycles. The van der Waals surface area contributed by atoms with Crippen LogP contribution in [0.25, 0.3) is 0 Å². The first-order valence-electron chi connectivity index (χ1n) is 7.08. The van der Waals surface area contributed by atoms with E-state index in [0.717, 1.165) is 0 Å². The quantitative estimate of drug-likeness (QED) is 0.207. The van der Waals surface area contributed by atoms with Crippen molar-refractivity contribution in [2.24, 2.45) is 0 Å². The lowest BCUT2D eigenvalue weighted by Gasteiger charge is -2.03. The second-order valence-electron chi connectivity index (χ2n) is 4.62. The molecular weight excluding hydrogens is 283 g/mol. The molecule has 0 aliphatic heterocycles. The van der Waals surface area contributed by atoms with Crippen LogP contribution in [0.4, 0.5) is 0 Å². The summed E-state index contributed by atoms with van der Waals surface area (Å²) in [6.07, 6.45) is 15.7. The van der Waals surface area contributed by atoms with Gasteiger partial charge < -0.3 is 0 Å². The maximum Gasteiger partial charge on any atom is 0.0666 e. The van der Waals surface area contributed by atoms with Crippen molar-refractivity contribution >= 4 is 41.4 Å². The van der Waals surface area contributed by atoms with Gasteiger partial charge in [0.15, 0.2) is 0 Å². The first kappa shape index (κ1) is 18.5. The van der Waals surface area contributed by atoms with Crippen molar-refractivity contribution in [1.82, 2.24) is 0 Å². The van der Waals surface area contributed by atoms with E-state index in [2.05, 4.69) is 31.4 Å². The lowest BCUT2D eigenvalue weighted by molar-refractivity contribution is 0.555. The molecule has 17 heavy (non-hydrogen) atoms. The molecule has 0 bridgehead atoms. The maximum absolute atomic E-state index is 4.30. The van der Waals surface area contributed by atoms with Gasteiger partial charge in [-0.2, -0.15) is 0 Å². The molecule has 0 amide bonds. The molecule has 0 nitrogen and oxygen atoms in total. The van der Waals surface area contributed by atoms with E-state index in [9.17, 15) is 0 Å². The van der Waals surface area contributed by atoms with Crippen molar-refractivity contribution in [3.63, 3.8) is 0 Å². The van der Waals surface area contributed by atoms with Crippen molar-refractivity contribution in [2.75, 3.05) is 5.75 Å². The molecule has 0 radical (unpaired) electrons. The SMILES string of the molecule is CCCCCCCCCCCCCSP(S)S. The minimum Gasteiger partial charge on any atom is -0.130 e. The number of hydrogen-bond acceptors (Lipinski definition) is 3. The summed E-state index contributed by atoms with van der Waals surface area (Å²) in [6.45, 7) is 2.28. The van der Waals surface area contributed by atoms with E-state index in [1.54, 1.807) is 0 Å². The maximum atomic E-state index is 4.30. The predicted octanol–water partition coefficient (Wildman–Crippen LogP) is 7.12. The molecule has 0 heterocycles. The van der Waals surface area contributed by atoms with Gasteiger partial charge in [0.2, 0.25) is 0 Å². The van der Waals surface area contributed by atoms with Crippen LogP contribution < -0.4 is 0 Å². The Kier molecular flexibility index (Phi) is 16.9. The Hall–Kier alpha value is 1.48. The molecule has 104 valence electrons. The topological polar surface area (TPSA) is 0 Å². The van der Waals surface area contributed by atoms with E-state index in [0.29, 0.717) is 0 Å². The Bertz CT molecular complexity index is 143. The van der Waals surface area contributed by atoms with Gasteiger partial charge >= 0.3 is 0 Å². The Morgan fingerprint density at radius 1 is 0.706 bits per heavy atom. The van der Waals surface area contributed by atoms with Gasteiger partial charge in [0, 0.05) is 0 Å². The highest BCUT2D eigenvalue weighted by Gasteiger charge is 1.96. The highest BCUT2D eigenvalue weighted by atomic mass is 33.3. The molecule has 0 rings (SSSR count). The summed E-state index contributed by atoms with van der Waals surface area (Å²) in [7, 11) is 0. The zero-order valence-electron chi connectivity index (χ0n) is 11.2. The zero-order chi connectivity index (χ0) is 12.8. The van der Waals surface area contributed by atoms with Crippen molar-refractivity contribution in [1.29, 1.82) is 0 Å². The second-order valence-corrected chi connectivity index (χ2v) is 12.6. The molecule has 0 atom stereocenters. The zero-order valence-corrected chi connectivity index (χ0v) is 14.7. The molecule has 0 aromatic heterocycles. The van der Waals surface area contributed by atoms with Gasteiger partial charge in [-0.3, -0.25) is 0 Å². The van der Waals surface area contributed by atoms with Gasteiger partial charge in [-0.25, -0.2) is 0 Å². The Morgan fingerprint density at radius 2 is 1.12 bits per heavy atom. The fraction of sp³-hybridized carbons (Fsp3) is 1.00. The van der Waals surface area contributed by atoms with Crippen LogP contribution in [0.1, 0.15) is 77.6 Å². The molecule has 4 heteroatoms. The largest absolute Gasteiger partial charge is 0.130 e. The lowest BCUT2D eigenvalue weighted by Crippen LogP contribution is -1.83. The summed E-state index contributed by atoms with van der Waals surface area (Å²) in [5, 5.41) is 0. The van der Waals surface area contributed by atoms with Crippen LogP contribution in [0.3, 0.4) is 0 Å². The van der Waals surface area contributed by atoms with Crippen molar-refractivity contribution in [3.05, 3.63) is 0 Å². The van der Waals surface area contributed by atoms with E-state index < -0.39 is 0 Å². The highest BCUT2D eigenvalue weighted by Crippen LogP contribution is 2.58. The van der Waals surface area contributed by atoms with Crippen LogP contribution in [-0.2, 0) is 0 Å². The average Bonchev–Trinajstić information content (AvgIpc) is 2.30. The molecule has 0 aliphatic rings. The van der Waals surface area contributed by atoms with Gasteiger partial charge in [-0.05, 0) is 12.2 Å². The van der Waals surface area contributed by atoms with Crippen LogP contribution in [0, 0.1) is 0 Å². The third-order valence-electron chi connectivity index (χ3n) is 2.95. The molecule has 0 saturated carbocycles. The van der Waals surface area contributed by atoms with Crippen LogP contribution in [0.15, 0.2) is 0 Å². The van der Waals surface area contributed by atoms with E-state index in [1.165, 1.54) is 76.4 Å². The molecule has 0 fully saturated rings. The van der Waals surface area contributed by atoms with Gasteiger partial charge in [0.25, 0.3) is 0 Å². The first-order chi connectivity index (χ1) is 8.27. The van der Waals surface area contributed by atoms with Gasteiger partial charge in [-0.1, -0.05) is 71.1 Å². The van der Waals surface area contributed by atoms with Crippen molar-refractivity contribution in [3.8, 4) is 0 Å². The van der Waals surface area contributed by atoms with E-state index in [1.807, 2.05) is 11.4 Å².